The van der Waals surface area contributed by atoms with Crippen LogP contribution in [0.1, 0.15) is 45.0 Å². The van der Waals surface area contributed by atoms with E-state index in [-0.39, 0.29) is 0 Å². The van der Waals surface area contributed by atoms with Gasteiger partial charge in [0.2, 0.25) is 0 Å². The van der Waals surface area contributed by atoms with Gasteiger partial charge in [0.05, 0.1) is 29.4 Å². The van der Waals surface area contributed by atoms with Crippen molar-refractivity contribution in [2.24, 2.45) is 5.16 Å². The van der Waals surface area contributed by atoms with E-state index in [0.717, 1.165) is 80.0 Å². The predicted molar refractivity (Wildman–Crippen MR) is 171 cm³/mol. The molecule has 1 saturated heterocycles. The van der Waals surface area contributed by atoms with E-state index in [1.807, 2.05) is 52.0 Å². The minimum absolute atomic E-state index is 0.661. The maximum absolute atomic E-state index is 5.83. The highest BCUT2D eigenvalue weighted by molar-refractivity contribution is 6.15. The Bertz CT molecular complexity index is 1830. The number of anilines is 1. The Labute approximate surface area is 245 Å². The Balaban J connectivity index is 1.48. The quantitative estimate of drug-likeness (QED) is 0.114. The molecule has 1 fully saturated rings. The van der Waals surface area contributed by atoms with Crippen LogP contribution < -0.4 is 10.1 Å². The number of allylic oxidation sites excluding steroid dienone is 1. The summed E-state index contributed by atoms with van der Waals surface area (Å²) in [6.07, 6.45) is 4.49. The number of benzene rings is 2. The van der Waals surface area contributed by atoms with Crippen molar-refractivity contribution in [1.29, 1.82) is 0 Å². The van der Waals surface area contributed by atoms with Crippen molar-refractivity contribution >= 4 is 50.4 Å². The van der Waals surface area contributed by atoms with E-state index in [1.165, 1.54) is 25.9 Å². The summed E-state index contributed by atoms with van der Waals surface area (Å²) in [5.74, 6) is 2.92. The third-order valence-corrected chi connectivity index (χ3v) is 7.55. The second-order valence-electron chi connectivity index (χ2n) is 11.0. The van der Waals surface area contributed by atoms with Gasteiger partial charge in [-0.15, -0.1) is 0 Å². The van der Waals surface area contributed by atoms with E-state index < -0.39 is 0 Å². The first-order valence-electron chi connectivity index (χ1n) is 14.5. The molecule has 1 aliphatic heterocycles. The largest absolute Gasteiger partial charge is 0.496 e. The number of H-pyrrole nitrogens is 1. The van der Waals surface area contributed by atoms with Crippen molar-refractivity contribution in [1.82, 2.24) is 24.8 Å². The summed E-state index contributed by atoms with van der Waals surface area (Å²) in [7, 11) is 1.68. The van der Waals surface area contributed by atoms with Crippen LogP contribution in [-0.4, -0.2) is 63.8 Å². The molecule has 9 heteroatoms. The van der Waals surface area contributed by atoms with Gasteiger partial charge in [0.15, 0.2) is 0 Å². The lowest BCUT2D eigenvalue weighted by molar-refractivity contribution is 0.232. The lowest BCUT2D eigenvalue weighted by atomic mass is 10.0. The molecule has 0 atom stereocenters. The minimum Gasteiger partial charge on any atom is -0.496 e. The molecular weight excluding hydrogens is 526 g/mol. The number of nitrogens with one attached hydrogen (secondary N) is 2. The number of hydrogen-bond donors (Lipinski definition) is 2. The van der Waals surface area contributed by atoms with Gasteiger partial charge in [-0.25, -0.2) is 15.0 Å². The maximum atomic E-state index is 5.83. The van der Waals surface area contributed by atoms with E-state index in [2.05, 4.69) is 44.6 Å². The first-order chi connectivity index (χ1) is 20.4. The molecule has 0 unspecified atom stereocenters. The predicted octanol–water partition coefficient (Wildman–Crippen LogP) is 6.92. The van der Waals surface area contributed by atoms with E-state index in [1.54, 1.807) is 7.11 Å². The van der Waals surface area contributed by atoms with Crippen LogP contribution in [0.2, 0.25) is 0 Å². The van der Waals surface area contributed by atoms with Crippen molar-refractivity contribution in [2.45, 2.75) is 40.5 Å². The van der Waals surface area contributed by atoms with Crippen LogP contribution in [0.25, 0.3) is 50.2 Å². The second kappa shape index (κ2) is 11.8. The van der Waals surface area contributed by atoms with Crippen molar-refractivity contribution in [2.75, 3.05) is 38.6 Å². The van der Waals surface area contributed by atoms with Crippen LogP contribution in [0.4, 0.5) is 5.82 Å². The summed E-state index contributed by atoms with van der Waals surface area (Å²) in [5, 5.41) is 10.6. The highest BCUT2D eigenvalue weighted by Crippen LogP contribution is 2.39. The average molecular weight is 564 g/mol. The maximum Gasteiger partial charge on any atom is 0.142 e. The van der Waals surface area contributed by atoms with Gasteiger partial charge in [-0.2, -0.15) is 0 Å². The van der Waals surface area contributed by atoms with Gasteiger partial charge in [0.25, 0.3) is 0 Å². The number of ether oxygens (including phenoxy) is 1. The number of oxime groups is 1. The lowest BCUT2D eigenvalue weighted by Gasteiger charge is -2.16. The second-order valence-corrected chi connectivity index (χ2v) is 11.0. The lowest BCUT2D eigenvalue weighted by Crippen LogP contribution is -2.26. The van der Waals surface area contributed by atoms with Gasteiger partial charge in [0, 0.05) is 40.5 Å². The summed E-state index contributed by atoms with van der Waals surface area (Å²) in [5.41, 5.74) is 6.23. The van der Waals surface area contributed by atoms with Crippen LogP contribution in [0, 0.1) is 6.92 Å². The number of likely N-dealkylation sites (tertiary alicyclic amines) is 1. The fraction of sp³-hybridized carbons (Fsp3) is 0.333. The van der Waals surface area contributed by atoms with E-state index in [9.17, 15) is 0 Å². The molecule has 0 saturated carbocycles. The molecule has 0 radical (unpaired) electrons. The molecule has 3 aromatic heterocycles. The third kappa shape index (κ3) is 5.65. The normalized spacial score (nSPS) is 14.2. The summed E-state index contributed by atoms with van der Waals surface area (Å²) in [4.78, 5) is 26.3. The Kier molecular flexibility index (Phi) is 7.75. The zero-order chi connectivity index (χ0) is 29.2. The molecular formula is C33H37N7O2. The number of aromatic amines is 1. The van der Waals surface area contributed by atoms with Crippen LogP contribution in [0.3, 0.4) is 0 Å². The third-order valence-electron chi connectivity index (χ3n) is 7.55. The average Bonchev–Trinajstić information content (AvgIpc) is 3.62. The van der Waals surface area contributed by atoms with Gasteiger partial charge in [0.1, 0.15) is 28.8 Å². The summed E-state index contributed by atoms with van der Waals surface area (Å²) < 4.78 is 5.83. The number of rotatable bonds is 9. The van der Waals surface area contributed by atoms with Crippen molar-refractivity contribution in [3.8, 4) is 17.0 Å². The molecule has 0 aliphatic carbocycles. The van der Waals surface area contributed by atoms with Crippen LogP contribution in [-0.2, 0) is 4.84 Å². The number of pyridine rings is 1. The SMILES string of the molecule is COc1cc2c(cc1/C=C(\C)ON=C(C)C)[nH]c1nc(C)nc(-c3cc(NCCN4CCCC4)nc4ccccc34)c12. The number of aryl methyl sites for hydroxylation is 1. The number of aromatic nitrogens is 4. The summed E-state index contributed by atoms with van der Waals surface area (Å²) in [6.45, 7) is 11.8. The highest BCUT2D eigenvalue weighted by atomic mass is 16.6. The van der Waals surface area contributed by atoms with Crippen molar-refractivity contribution < 1.29 is 9.57 Å². The summed E-state index contributed by atoms with van der Waals surface area (Å²) in [6, 6.07) is 14.5. The molecule has 0 amide bonds. The number of nitrogens with zero attached hydrogens (tertiary/aromatic N) is 5. The van der Waals surface area contributed by atoms with E-state index in [4.69, 9.17) is 24.5 Å². The summed E-state index contributed by atoms with van der Waals surface area (Å²) >= 11 is 0. The van der Waals surface area contributed by atoms with Gasteiger partial charge < -0.3 is 24.8 Å². The first kappa shape index (κ1) is 27.7. The monoisotopic (exact) mass is 563 g/mol. The van der Waals surface area contributed by atoms with E-state index in [0.29, 0.717) is 11.6 Å². The van der Waals surface area contributed by atoms with Gasteiger partial charge >= 0.3 is 0 Å². The standard InChI is InChI=1S/C33H37N7O2/c1-20(2)39-42-21(3)16-23-17-28-26(18-29(23)41-5)31-32(35-22(4)36-33(31)38-28)25-19-30(34-12-15-40-13-8-9-14-40)37-27-11-7-6-10-24(25)27/h6-7,10-11,16-19H,8-9,12-15H2,1-5H3,(H,34,37)(H,35,36,38)/b21-16+. The number of fused-ring (bicyclic) bond motifs is 4. The zero-order valence-electron chi connectivity index (χ0n) is 24.9. The smallest absolute Gasteiger partial charge is 0.142 e. The molecule has 0 spiro atoms. The molecule has 2 aromatic carbocycles. The van der Waals surface area contributed by atoms with Crippen molar-refractivity contribution in [3.63, 3.8) is 0 Å². The Morgan fingerprint density at radius 3 is 2.64 bits per heavy atom. The van der Waals surface area contributed by atoms with Gasteiger partial charge in [-0.1, -0.05) is 23.4 Å². The fourth-order valence-electron chi connectivity index (χ4n) is 5.66. The number of methoxy groups -OCH3 is 1. The van der Waals surface area contributed by atoms with E-state index >= 15 is 0 Å². The van der Waals surface area contributed by atoms with Gasteiger partial charge in [-0.3, -0.25) is 0 Å². The van der Waals surface area contributed by atoms with Crippen LogP contribution in [0.5, 0.6) is 5.75 Å². The van der Waals surface area contributed by atoms with Gasteiger partial charge in [-0.05, 0) is 84.0 Å². The minimum atomic E-state index is 0.661. The van der Waals surface area contributed by atoms with Crippen molar-refractivity contribution in [3.05, 3.63) is 59.6 Å². The molecule has 4 heterocycles. The first-order valence-corrected chi connectivity index (χ1v) is 14.5. The highest BCUT2D eigenvalue weighted by Gasteiger charge is 2.19. The molecule has 5 aromatic rings. The number of para-hydroxylation sites is 1. The Morgan fingerprint density at radius 2 is 1.86 bits per heavy atom. The molecule has 0 bridgehead atoms. The molecule has 216 valence electrons. The topological polar surface area (TPSA) is 101 Å². The molecule has 6 rings (SSSR count). The molecule has 9 nitrogen and oxygen atoms in total. The van der Waals surface area contributed by atoms with Crippen LogP contribution >= 0.6 is 0 Å². The Morgan fingerprint density at radius 1 is 1.05 bits per heavy atom. The Hall–Kier alpha value is -4.50. The molecule has 2 N–H and O–H groups in total. The number of hydrogen-bond acceptors (Lipinski definition) is 8. The zero-order valence-corrected chi connectivity index (χ0v) is 24.9. The fourth-order valence-corrected chi connectivity index (χ4v) is 5.66. The van der Waals surface area contributed by atoms with Crippen LogP contribution in [0.15, 0.2) is 53.4 Å². The molecule has 1 aliphatic rings. The molecule has 42 heavy (non-hydrogen) atoms.